The van der Waals surface area contributed by atoms with Crippen LogP contribution in [-0.4, -0.2) is 33.9 Å². The molecule has 0 atom stereocenters. The molecule has 1 fully saturated rings. The van der Waals surface area contributed by atoms with E-state index in [0.29, 0.717) is 28.5 Å². The van der Waals surface area contributed by atoms with E-state index in [0.717, 1.165) is 37.0 Å². The molecule has 1 N–H and O–H groups in total. The van der Waals surface area contributed by atoms with Crippen LogP contribution in [0.2, 0.25) is 0 Å². The molecule has 1 saturated heterocycles. The van der Waals surface area contributed by atoms with E-state index in [1.165, 1.54) is 12.1 Å². The van der Waals surface area contributed by atoms with E-state index in [-0.39, 0.29) is 24.1 Å². The molecule has 2 aromatic heterocycles. The van der Waals surface area contributed by atoms with Crippen LogP contribution in [0.4, 0.5) is 15.8 Å². The predicted molar refractivity (Wildman–Crippen MR) is 116 cm³/mol. The molecule has 1 amide bonds. The number of nitrogens with zero attached hydrogens (tertiary/aromatic N) is 3. The molecule has 7 heteroatoms. The lowest BCUT2D eigenvalue weighted by molar-refractivity contribution is 0.0698. The number of anilines is 2. The number of halogens is 2. The molecule has 1 aliphatic rings. The van der Waals surface area contributed by atoms with Crippen molar-refractivity contribution in [1.29, 1.82) is 0 Å². The molecule has 5 nitrogen and oxygen atoms in total. The van der Waals surface area contributed by atoms with Gasteiger partial charge in [-0.1, -0.05) is 6.92 Å². The molecule has 29 heavy (non-hydrogen) atoms. The maximum atomic E-state index is 13.3. The van der Waals surface area contributed by atoms with Gasteiger partial charge in [0.2, 0.25) is 0 Å². The van der Waals surface area contributed by atoms with E-state index < -0.39 is 0 Å². The van der Waals surface area contributed by atoms with Crippen LogP contribution >= 0.6 is 12.4 Å². The molecule has 0 saturated carbocycles. The van der Waals surface area contributed by atoms with Crippen LogP contribution in [0.5, 0.6) is 0 Å². The summed E-state index contributed by atoms with van der Waals surface area (Å²) in [5, 5.41) is 4.07. The molecule has 1 aliphatic heterocycles. The number of carbonyl (C=O) groups excluding carboxylic acids is 1. The summed E-state index contributed by atoms with van der Waals surface area (Å²) in [5.74, 6) is 0.301. The molecule has 0 radical (unpaired) electrons. The summed E-state index contributed by atoms with van der Waals surface area (Å²) >= 11 is 0. The fourth-order valence-electron chi connectivity index (χ4n) is 3.53. The Hall–Kier alpha value is -2.73. The van der Waals surface area contributed by atoms with Gasteiger partial charge in [-0.05, 0) is 62.1 Å². The first-order chi connectivity index (χ1) is 13.5. The number of amides is 1. The van der Waals surface area contributed by atoms with E-state index in [2.05, 4.69) is 22.2 Å². The summed E-state index contributed by atoms with van der Waals surface area (Å²) in [6.45, 7) is 5.62. The number of benzene rings is 1. The third-order valence-electron chi connectivity index (χ3n) is 5.28. The van der Waals surface area contributed by atoms with Gasteiger partial charge in [0.15, 0.2) is 5.65 Å². The lowest BCUT2D eigenvalue weighted by Crippen LogP contribution is -2.38. The third-order valence-corrected chi connectivity index (χ3v) is 5.28. The Morgan fingerprint density at radius 2 is 1.83 bits per heavy atom. The van der Waals surface area contributed by atoms with Gasteiger partial charge in [0, 0.05) is 36.1 Å². The highest BCUT2D eigenvalue weighted by molar-refractivity contribution is 6.07. The van der Waals surface area contributed by atoms with E-state index in [4.69, 9.17) is 0 Å². The van der Waals surface area contributed by atoms with Crippen molar-refractivity contribution in [3.05, 3.63) is 59.7 Å². The van der Waals surface area contributed by atoms with Crippen molar-refractivity contribution in [2.24, 2.45) is 5.92 Å². The third kappa shape index (κ3) is 4.48. The number of aryl methyl sites for hydroxylation is 1. The number of hydrogen-bond acceptors (Lipinski definition) is 4. The molecule has 3 heterocycles. The quantitative estimate of drug-likeness (QED) is 0.646. The van der Waals surface area contributed by atoms with Crippen LogP contribution in [0.1, 0.15) is 35.8 Å². The van der Waals surface area contributed by atoms with Crippen LogP contribution in [0, 0.1) is 18.7 Å². The zero-order valence-electron chi connectivity index (χ0n) is 16.5. The van der Waals surface area contributed by atoms with E-state index in [1.807, 2.05) is 24.0 Å². The summed E-state index contributed by atoms with van der Waals surface area (Å²) in [4.78, 5) is 24.0. The zero-order valence-corrected chi connectivity index (χ0v) is 17.3. The highest BCUT2D eigenvalue weighted by atomic mass is 35.5. The monoisotopic (exact) mass is 414 g/mol. The molecule has 0 bridgehead atoms. The highest BCUT2D eigenvalue weighted by Gasteiger charge is 2.25. The number of rotatable bonds is 3. The number of aromatic nitrogens is 2. The van der Waals surface area contributed by atoms with Crippen LogP contribution in [0.25, 0.3) is 11.0 Å². The fraction of sp³-hybridized carbons (Fsp3) is 0.318. The van der Waals surface area contributed by atoms with Crippen molar-refractivity contribution in [1.82, 2.24) is 14.9 Å². The van der Waals surface area contributed by atoms with Gasteiger partial charge in [-0.15, -0.1) is 12.4 Å². The number of nitrogens with one attached hydrogen (secondary N) is 1. The van der Waals surface area contributed by atoms with Crippen molar-refractivity contribution < 1.29 is 9.18 Å². The van der Waals surface area contributed by atoms with Crippen LogP contribution in [-0.2, 0) is 0 Å². The van der Waals surface area contributed by atoms with E-state index in [9.17, 15) is 9.18 Å². The molecule has 152 valence electrons. The largest absolute Gasteiger partial charge is 0.354 e. The number of hydrogen-bond donors (Lipinski definition) is 1. The first-order valence-corrected chi connectivity index (χ1v) is 9.59. The van der Waals surface area contributed by atoms with E-state index in [1.54, 1.807) is 18.3 Å². The molecule has 0 aliphatic carbocycles. The van der Waals surface area contributed by atoms with E-state index >= 15 is 0 Å². The van der Waals surface area contributed by atoms with Crippen molar-refractivity contribution in [2.75, 3.05) is 18.4 Å². The molecule has 1 aromatic carbocycles. The minimum Gasteiger partial charge on any atom is -0.354 e. The minimum atomic E-state index is -0.304. The zero-order chi connectivity index (χ0) is 19.7. The Balaban J connectivity index is 0.00000240. The smallest absolute Gasteiger partial charge is 0.257 e. The molecular formula is C22H24ClFN4O. The van der Waals surface area contributed by atoms with Gasteiger partial charge in [0.25, 0.3) is 5.91 Å². The second kappa shape index (κ2) is 8.74. The average Bonchev–Trinajstić information content (AvgIpc) is 2.70. The van der Waals surface area contributed by atoms with Crippen molar-refractivity contribution >= 4 is 40.7 Å². The Morgan fingerprint density at radius 3 is 2.52 bits per heavy atom. The number of piperidine rings is 1. The van der Waals surface area contributed by atoms with Gasteiger partial charge in [-0.2, -0.15) is 0 Å². The van der Waals surface area contributed by atoms with Crippen molar-refractivity contribution in [2.45, 2.75) is 26.7 Å². The number of pyridine rings is 2. The van der Waals surface area contributed by atoms with Crippen LogP contribution in [0.3, 0.4) is 0 Å². The molecule has 3 aromatic rings. The molecule has 0 unspecified atom stereocenters. The molecule has 4 rings (SSSR count). The lowest BCUT2D eigenvalue weighted by Gasteiger charge is -2.31. The number of likely N-dealkylation sites (tertiary alicyclic amines) is 1. The first-order valence-electron chi connectivity index (χ1n) is 9.59. The normalized spacial score (nSPS) is 14.5. The molecular weight excluding hydrogens is 391 g/mol. The summed E-state index contributed by atoms with van der Waals surface area (Å²) in [6, 6.07) is 9.91. The van der Waals surface area contributed by atoms with Gasteiger partial charge >= 0.3 is 0 Å². The molecule has 0 spiro atoms. The van der Waals surface area contributed by atoms with Crippen molar-refractivity contribution in [3.8, 4) is 0 Å². The van der Waals surface area contributed by atoms with Gasteiger partial charge in [-0.25, -0.2) is 14.4 Å². The first kappa shape index (κ1) is 21.0. The average molecular weight is 415 g/mol. The highest BCUT2D eigenvalue weighted by Crippen LogP contribution is 2.30. The topological polar surface area (TPSA) is 58.1 Å². The predicted octanol–water partition coefficient (Wildman–Crippen LogP) is 5.11. The van der Waals surface area contributed by atoms with Crippen molar-refractivity contribution in [3.63, 3.8) is 0 Å². The van der Waals surface area contributed by atoms with Gasteiger partial charge in [0.1, 0.15) is 5.82 Å². The summed E-state index contributed by atoms with van der Waals surface area (Å²) in [5.41, 5.74) is 3.31. The summed E-state index contributed by atoms with van der Waals surface area (Å²) < 4.78 is 13.3. The summed E-state index contributed by atoms with van der Waals surface area (Å²) in [6.07, 6.45) is 3.61. The van der Waals surface area contributed by atoms with Crippen LogP contribution < -0.4 is 5.32 Å². The SMILES string of the molecule is Cc1ccc2c(Nc3ccc(F)cc3)c(C(=O)N3CCC(C)CC3)cnc2n1.Cl. The minimum absolute atomic E-state index is 0. The standard InChI is InChI=1S/C22H23FN4O.ClH/c1-14-9-11-27(12-10-14)22(28)19-13-24-21-18(8-3-15(2)25-21)20(19)26-17-6-4-16(23)5-7-17;/h3-8,13-14H,9-12H2,1-2H3,(H,24,25,26);1H. The Kier molecular flexibility index (Phi) is 6.33. The van der Waals surface area contributed by atoms with Gasteiger partial charge < -0.3 is 10.2 Å². The maximum Gasteiger partial charge on any atom is 0.257 e. The van der Waals surface area contributed by atoms with Gasteiger partial charge in [0.05, 0.1) is 11.3 Å². The van der Waals surface area contributed by atoms with Gasteiger partial charge in [-0.3, -0.25) is 4.79 Å². The number of carbonyl (C=O) groups is 1. The Bertz CT molecular complexity index is 1020. The van der Waals surface area contributed by atoms with Crippen LogP contribution in [0.15, 0.2) is 42.6 Å². The Labute approximate surface area is 175 Å². The fourth-order valence-corrected chi connectivity index (χ4v) is 3.53. The second-order valence-electron chi connectivity index (χ2n) is 7.48. The second-order valence-corrected chi connectivity index (χ2v) is 7.48. The maximum absolute atomic E-state index is 13.3. The summed E-state index contributed by atoms with van der Waals surface area (Å²) in [7, 11) is 0. The lowest BCUT2D eigenvalue weighted by atomic mass is 9.98. The Morgan fingerprint density at radius 1 is 1.14 bits per heavy atom. The number of fused-ring (bicyclic) bond motifs is 1.